The second-order valence-corrected chi connectivity index (χ2v) is 3.09. The van der Waals surface area contributed by atoms with E-state index in [2.05, 4.69) is 16.2 Å². The molecule has 0 saturated heterocycles. The van der Waals surface area contributed by atoms with E-state index in [9.17, 15) is 4.79 Å². The van der Waals surface area contributed by atoms with Gasteiger partial charge < -0.3 is 9.30 Å². The van der Waals surface area contributed by atoms with Gasteiger partial charge in [0.15, 0.2) is 0 Å². The molecule has 1 aromatic heterocycles. The molecule has 1 rings (SSSR count). The predicted molar refractivity (Wildman–Crippen MR) is 50.4 cm³/mol. The van der Waals surface area contributed by atoms with Gasteiger partial charge in [-0.15, -0.1) is 0 Å². The van der Waals surface area contributed by atoms with Crippen LogP contribution in [0.2, 0.25) is 0 Å². The molecule has 0 bridgehead atoms. The van der Waals surface area contributed by atoms with Gasteiger partial charge in [0, 0.05) is 24.9 Å². The quantitative estimate of drug-likeness (QED) is 0.665. The fraction of sp³-hybridized carbons (Fsp3) is 0.500. The standard InChI is InChI=1S/C10H15NO2/c1-9(5-6-10(12)13-2)11-7-3-4-8-11/h3-4,7-9H,5-6H2,1-2H3/t9-/m1/s1. The summed E-state index contributed by atoms with van der Waals surface area (Å²) >= 11 is 0. The third-order valence-electron chi connectivity index (χ3n) is 2.13. The van der Waals surface area contributed by atoms with Gasteiger partial charge in [0.2, 0.25) is 0 Å². The monoisotopic (exact) mass is 181 g/mol. The lowest BCUT2D eigenvalue weighted by Gasteiger charge is -2.12. The number of methoxy groups -OCH3 is 1. The fourth-order valence-electron chi connectivity index (χ4n) is 1.22. The zero-order valence-electron chi connectivity index (χ0n) is 8.06. The van der Waals surface area contributed by atoms with Gasteiger partial charge in [0.05, 0.1) is 7.11 Å². The van der Waals surface area contributed by atoms with E-state index in [1.54, 1.807) is 0 Å². The van der Waals surface area contributed by atoms with Crippen molar-refractivity contribution in [2.45, 2.75) is 25.8 Å². The van der Waals surface area contributed by atoms with Gasteiger partial charge in [-0.3, -0.25) is 4.79 Å². The molecule has 0 aromatic carbocycles. The van der Waals surface area contributed by atoms with Crippen LogP contribution in [-0.2, 0) is 9.53 Å². The zero-order valence-corrected chi connectivity index (χ0v) is 8.06. The summed E-state index contributed by atoms with van der Waals surface area (Å²) in [6, 6.07) is 4.32. The Morgan fingerprint density at radius 2 is 2.08 bits per heavy atom. The van der Waals surface area contributed by atoms with E-state index in [0.29, 0.717) is 12.5 Å². The minimum Gasteiger partial charge on any atom is -0.469 e. The van der Waals surface area contributed by atoms with E-state index in [1.165, 1.54) is 7.11 Å². The van der Waals surface area contributed by atoms with Crippen molar-refractivity contribution in [3.8, 4) is 0 Å². The van der Waals surface area contributed by atoms with Crippen LogP contribution in [0.5, 0.6) is 0 Å². The minimum atomic E-state index is -0.140. The van der Waals surface area contributed by atoms with E-state index in [4.69, 9.17) is 0 Å². The van der Waals surface area contributed by atoms with Crippen LogP contribution in [0.4, 0.5) is 0 Å². The highest BCUT2D eigenvalue weighted by Crippen LogP contribution is 2.12. The maximum absolute atomic E-state index is 10.9. The van der Waals surface area contributed by atoms with Crippen molar-refractivity contribution < 1.29 is 9.53 Å². The number of nitrogens with zero attached hydrogens (tertiary/aromatic N) is 1. The Morgan fingerprint density at radius 3 is 2.62 bits per heavy atom. The molecule has 13 heavy (non-hydrogen) atoms. The van der Waals surface area contributed by atoms with Gasteiger partial charge in [0.25, 0.3) is 0 Å². The highest BCUT2D eigenvalue weighted by atomic mass is 16.5. The third kappa shape index (κ3) is 2.93. The number of carbonyl (C=O) groups excluding carboxylic acids is 1. The SMILES string of the molecule is COC(=O)CC[C@@H](C)n1cccc1. The Morgan fingerprint density at radius 1 is 1.46 bits per heavy atom. The average molecular weight is 181 g/mol. The number of rotatable bonds is 4. The van der Waals surface area contributed by atoms with Crippen LogP contribution in [0.3, 0.4) is 0 Å². The molecule has 0 fully saturated rings. The topological polar surface area (TPSA) is 31.2 Å². The number of aromatic nitrogens is 1. The molecule has 0 amide bonds. The lowest BCUT2D eigenvalue weighted by Crippen LogP contribution is -2.07. The predicted octanol–water partition coefficient (Wildman–Crippen LogP) is 2.00. The average Bonchev–Trinajstić information content (AvgIpc) is 2.66. The lowest BCUT2D eigenvalue weighted by molar-refractivity contribution is -0.140. The summed E-state index contributed by atoms with van der Waals surface area (Å²) in [6.45, 7) is 2.09. The Hall–Kier alpha value is -1.25. The van der Waals surface area contributed by atoms with Gasteiger partial charge in [0.1, 0.15) is 0 Å². The molecule has 0 spiro atoms. The highest BCUT2D eigenvalue weighted by molar-refractivity contribution is 5.69. The first-order valence-corrected chi connectivity index (χ1v) is 4.43. The van der Waals surface area contributed by atoms with Gasteiger partial charge >= 0.3 is 5.97 Å². The van der Waals surface area contributed by atoms with Crippen molar-refractivity contribution in [1.82, 2.24) is 4.57 Å². The van der Waals surface area contributed by atoms with Crippen LogP contribution in [-0.4, -0.2) is 17.6 Å². The van der Waals surface area contributed by atoms with Crippen molar-refractivity contribution in [2.24, 2.45) is 0 Å². The Balaban J connectivity index is 2.34. The Bertz CT molecular complexity index is 254. The lowest BCUT2D eigenvalue weighted by atomic mass is 10.2. The summed E-state index contributed by atoms with van der Waals surface area (Å²) in [4.78, 5) is 10.9. The number of esters is 1. The molecule has 0 saturated carbocycles. The summed E-state index contributed by atoms with van der Waals surface area (Å²) in [5.74, 6) is -0.140. The summed E-state index contributed by atoms with van der Waals surface area (Å²) in [6.07, 6.45) is 5.31. The van der Waals surface area contributed by atoms with E-state index >= 15 is 0 Å². The first-order valence-electron chi connectivity index (χ1n) is 4.43. The van der Waals surface area contributed by atoms with E-state index in [0.717, 1.165) is 6.42 Å². The number of hydrogen-bond donors (Lipinski definition) is 0. The molecule has 72 valence electrons. The third-order valence-corrected chi connectivity index (χ3v) is 2.13. The largest absolute Gasteiger partial charge is 0.469 e. The van der Waals surface area contributed by atoms with Crippen LogP contribution in [0.15, 0.2) is 24.5 Å². The second-order valence-electron chi connectivity index (χ2n) is 3.09. The van der Waals surface area contributed by atoms with Crippen LogP contribution >= 0.6 is 0 Å². The van der Waals surface area contributed by atoms with E-state index in [-0.39, 0.29) is 5.97 Å². The summed E-state index contributed by atoms with van der Waals surface area (Å²) in [5, 5.41) is 0. The molecular formula is C10H15NO2. The molecule has 0 aliphatic rings. The van der Waals surface area contributed by atoms with Crippen molar-refractivity contribution in [1.29, 1.82) is 0 Å². The van der Waals surface area contributed by atoms with Crippen LogP contribution in [0.25, 0.3) is 0 Å². The molecular weight excluding hydrogens is 166 g/mol. The fourth-order valence-corrected chi connectivity index (χ4v) is 1.22. The molecule has 1 atom stereocenters. The van der Waals surface area contributed by atoms with Gasteiger partial charge in [-0.05, 0) is 25.5 Å². The smallest absolute Gasteiger partial charge is 0.305 e. The maximum Gasteiger partial charge on any atom is 0.305 e. The number of ether oxygens (including phenoxy) is 1. The highest BCUT2D eigenvalue weighted by Gasteiger charge is 2.06. The first kappa shape index (κ1) is 9.84. The van der Waals surface area contributed by atoms with Crippen molar-refractivity contribution >= 4 is 5.97 Å². The number of hydrogen-bond acceptors (Lipinski definition) is 2. The number of carbonyl (C=O) groups is 1. The molecule has 0 N–H and O–H groups in total. The Labute approximate surface area is 78.3 Å². The molecule has 0 aliphatic heterocycles. The summed E-state index contributed by atoms with van der Waals surface area (Å²) in [7, 11) is 1.42. The van der Waals surface area contributed by atoms with E-state index < -0.39 is 0 Å². The van der Waals surface area contributed by atoms with Crippen molar-refractivity contribution in [2.75, 3.05) is 7.11 Å². The minimum absolute atomic E-state index is 0.140. The molecule has 0 unspecified atom stereocenters. The molecule has 0 aliphatic carbocycles. The molecule has 3 nitrogen and oxygen atoms in total. The second kappa shape index (κ2) is 4.70. The van der Waals surface area contributed by atoms with E-state index in [1.807, 2.05) is 24.5 Å². The summed E-state index contributed by atoms with van der Waals surface area (Å²) < 4.78 is 6.66. The van der Waals surface area contributed by atoms with Crippen molar-refractivity contribution in [3.63, 3.8) is 0 Å². The Kier molecular flexibility index (Phi) is 3.55. The molecule has 3 heteroatoms. The van der Waals surface area contributed by atoms with Crippen molar-refractivity contribution in [3.05, 3.63) is 24.5 Å². The molecule has 1 heterocycles. The first-order chi connectivity index (χ1) is 6.24. The van der Waals surface area contributed by atoms with Crippen LogP contribution in [0.1, 0.15) is 25.8 Å². The summed E-state index contributed by atoms with van der Waals surface area (Å²) in [5.41, 5.74) is 0. The maximum atomic E-state index is 10.9. The van der Waals surface area contributed by atoms with Crippen LogP contribution < -0.4 is 0 Å². The normalized spacial score (nSPS) is 12.5. The van der Waals surface area contributed by atoms with Gasteiger partial charge in [-0.2, -0.15) is 0 Å². The molecule has 0 radical (unpaired) electrons. The van der Waals surface area contributed by atoms with Gasteiger partial charge in [-0.1, -0.05) is 0 Å². The van der Waals surface area contributed by atoms with Crippen LogP contribution in [0, 0.1) is 0 Å². The molecule has 1 aromatic rings. The van der Waals surface area contributed by atoms with Gasteiger partial charge in [-0.25, -0.2) is 0 Å². The zero-order chi connectivity index (χ0) is 9.68.